The van der Waals surface area contributed by atoms with E-state index in [4.69, 9.17) is 28.6 Å². The average Bonchev–Trinajstić information content (AvgIpc) is 2.48. The van der Waals surface area contributed by atoms with Gasteiger partial charge in [0.15, 0.2) is 5.11 Å². The number of morpholine rings is 1. The molecule has 4 nitrogen and oxygen atoms in total. The van der Waals surface area contributed by atoms with Crippen LogP contribution in [0.2, 0.25) is 5.02 Å². The first-order valence-electron chi connectivity index (χ1n) is 8.50. The molecular formula is C18H28ClN3OS. The third kappa shape index (κ3) is 5.88. The summed E-state index contributed by atoms with van der Waals surface area (Å²) >= 11 is 11.7. The Hall–Kier alpha value is -0.880. The van der Waals surface area contributed by atoms with Crippen molar-refractivity contribution in [2.45, 2.75) is 33.8 Å². The summed E-state index contributed by atoms with van der Waals surface area (Å²) in [6.07, 6.45) is 0.159. The number of anilines is 1. The van der Waals surface area contributed by atoms with Gasteiger partial charge in [0.05, 0.1) is 23.4 Å². The topological polar surface area (TPSA) is 36.5 Å². The van der Waals surface area contributed by atoms with Crippen LogP contribution in [0.15, 0.2) is 12.1 Å². The summed E-state index contributed by atoms with van der Waals surface area (Å²) in [5, 5.41) is 7.73. The number of nitrogens with zero attached hydrogens (tertiary/aromatic N) is 1. The minimum atomic E-state index is 0.159. The number of hydrogen-bond acceptors (Lipinski definition) is 3. The van der Waals surface area contributed by atoms with Crippen LogP contribution in [0.1, 0.15) is 25.0 Å². The molecule has 1 aliphatic rings. The van der Waals surface area contributed by atoms with Crippen molar-refractivity contribution in [2.75, 3.05) is 38.1 Å². The van der Waals surface area contributed by atoms with Gasteiger partial charge >= 0.3 is 0 Å². The summed E-state index contributed by atoms with van der Waals surface area (Å²) in [6.45, 7) is 13.1. The largest absolute Gasteiger partial charge is 0.374 e. The van der Waals surface area contributed by atoms with Crippen LogP contribution >= 0.6 is 23.8 Å². The van der Waals surface area contributed by atoms with Crippen molar-refractivity contribution in [3.63, 3.8) is 0 Å². The van der Waals surface area contributed by atoms with Crippen LogP contribution in [-0.2, 0) is 4.74 Å². The molecule has 0 aromatic heterocycles. The van der Waals surface area contributed by atoms with Gasteiger partial charge in [0, 0.05) is 26.2 Å². The fraction of sp³-hybridized carbons (Fsp3) is 0.611. The Labute approximate surface area is 155 Å². The second-order valence-corrected chi connectivity index (χ2v) is 7.74. The molecule has 2 N–H and O–H groups in total. The summed E-state index contributed by atoms with van der Waals surface area (Å²) in [4.78, 5) is 2.46. The molecule has 1 saturated heterocycles. The SMILES string of the molecule is Cc1cc(C)c(NC(=S)NC[C@@H]2CN(CC(C)C)CCO2)c(Cl)c1. The van der Waals surface area contributed by atoms with Gasteiger partial charge in [0.25, 0.3) is 0 Å². The normalized spacial score (nSPS) is 18.7. The predicted molar refractivity (Wildman–Crippen MR) is 106 cm³/mol. The van der Waals surface area contributed by atoms with Crippen LogP contribution in [0.5, 0.6) is 0 Å². The number of thiocarbonyl (C=S) groups is 1. The van der Waals surface area contributed by atoms with Crippen LogP contribution in [-0.4, -0.2) is 48.9 Å². The number of benzene rings is 1. The van der Waals surface area contributed by atoms with E-state index in [9.17, 15) is 0 Å². The second-order valence-electron chi connectivity index (χ2n) is 6.92. The summed E-state index contributed by atoms with van der Waals surface area (Å²) in [6, 6.07) is 4.03. The van der Waals surface area contributed by atoms with E-state index >= 15 is 0 Å². The minimum absolute atomic E-state index is 0.159. The fourth-order valence-electron chi connectivity index (χ4n) is 3.02. The Morgan fingerprint density at radius 2 is 2.17 bits per heavy atom. The Bertz CT molecular complexity index is 556. The lowest BCUT2D eigenvalue weighted by Crippen LogP contribution is -2.48. The van der Waals surface area contributed by atoms with Gasteiger partial charge in [-0.3, -0.25) is 4.90 Å². The Kier molecular flexibility index (Phi) is 7.29. The van der Waals surface area contributed by atoms with Crippen molar-refractivity contribution in [3.8, 4) is 0 Å². The van der Waals surface area contributed by atoms with E-state index in [2.05, 4.69) is 35.4 Å². The molecule has 0 saturated carbocycles. The molecule has 1 atom stereocenters. The van der Waals surface area contributed by atoms with Gasteiger partial charge in [-0.2, -0.15) is 0 Å². The molecule has 2 rings (SSSR count). The lowest BCUT2D eigenvalue weighted by Gasteiger charge is -2.34. The van der Waals surface area contributed by atoms with Crippen molar-refractivity contribution >= 4 is 34.6 Å². The minimum Gasteiger partial charge on any atom is -0.374 e. The summed E-state index contributed by atoms with van der Waals surface area (Å²) in [5.74, 6) is 0.672. The van der Waals surface area contributed by atoms with Crippen LogP contribution in [0.4, 0.5) is 5.69 Å². The molecule has 0 spiro atoms. The number of ether oxygens (including phenoxy) is 1. The first kappa shape index (κ1) is 19.4. The zero-order chi connectivity index (χ0) is 17.7. The first-order chi connectivity index (χ1) is 11.3. The molecule has 0 radical (unpaired) electrons. The van der Waals surface area contributed by atoms with Crippen LogP contribution < -0.4 is 10.6 Å². The fourth-order valence-corrected chi connectivity index (χ4v) is 3.58. The smallest absolute Gasteiger partial charge is 0.170 e. The maximum atomic E-state index is 6.31. The lowest BCUT2D eigenvalue weighted by atomic mass is 10.1. The highest BCUT2D eigenvalue weighted by Crippen LogP contribution is 2.27. The van der Waals surface area contributed by atoms with Gasteiger partial charge in [-0.05, 0) is 49.2 Å². The molecule has 0 bridgehead atoms. The van der Waals surface area contributed by atoms with E-state index < -0.39 is 0 Å². The highest BCUT2D eigenvalue weighted by atomic mass is 35.5. The molecule has 1 heterocycles. The third-order valence-corrected chi connectivity index (χ3v) is 4.55. The quantitative estimate of drug-likeness (QED) is 0.775. The summed E-state index contributed by atoms with van der Waals surface area (Å²) < 4.78 is 5.84. The number of hydrogen-bond donors (Lipinski definition) is 2. The molecule has 0 aliphatic carbocycles. The Morgan fingerprint density at radius 1 is 1.42 bits per heavy atom. The van der Waals surface area contributed by atoms with Gasteiger partial charge in [0.2, 0.25) is 0 Å². The van der Waals surface area contributed by atoms with Crippen molar-refractivity contribution < 1.29 is 4.74 Å². The van der Waals surface area contributed by atoms with Gasteiger partial charge in [0.1, 0.15) is 0 Å². The van der Waals surface area contributed by atoms with Crippen molar-refractivity contribution in [1.82, 2.24) is 10.2 Å². The maximum absolute atomic E-state index is 6.31. The Morgan fingerprint density at radius 3 is 2.83 bits per heavy atom. The zero-order valence-electron chi connectivity index (χ0n) is 15.0. The van der Waals surface area contributed by atoms with Crippen molar-refractivity contribution in [1.29, 1.82) is 0 Å². The molecule has 1 fully saturated rings. The third-order valence-electron chi connectivity index (χ3n) is 4.01. The predicted octanol–water partition coefficient (Wildman–Crippen LogP) is 3.60. The van der Waals surface area contributed by atoms with Crippen LogP contribution in [0.25, 0.3) is 0 Å². The van der Waals surface area contributed by atoms with E-state index in [-0.39, 0.29) is 6.10 Å². The molecule has 0 amide bonds. The average molecular weight is 370 g/mol. The Balaban J connectivity index is 1.83. The van der Waals surface area contributed by atoms with Crippen LogP contribution in [0.3, 0.4) is 0 Å². The first-order valence-corrected chi connectivity index (χ1v) is 9.29. The number of rotatable bonds is 5. The van der Waals surface area contributed by atoms with E-state index in [1.54, 1.807) is 0 Å². The van der Waals surface area contributed by atoms with E-state index in [0.29, 0.717) is 22.6 Å². The molecule has 134 valence electrons. The van der Waals surface area contributed by atoms with Crippen molar-refractivity contribution in [3.05, 3.63) is 28.3 Å². The molecule has 0 unspecified atom stereocenters. The summed E-state index contributed by atoms with van der Waals surface area (Å²) in [5.41, 5.74) is 3.09. The zero-order valence-corrected chi connectivity index (χ0v) is 16.6. The molecular weight excluding hydrogens is 342 g/mol. The number of nitrogens with one attached hydrogen (secondary N) is 2. The highest BCUT2D eigenvalue weighted by molar-refractivity contribution is 7.80. The number of halogens is 1. The molecule has 1 aliphatic heterocycles. The van der Waals surface area contributed by atoms with E-state index in [0.717, 1.165) is 43.1 Å². The summed E-state index contributed by atoms with van der Waals surface area (Å²) in [7, 11) is 0. The van der Waals surface area contributed by atoms with Gasteiger partial charge in [-0.1, -0.05) is 31.5 Å². The second kappa shape index (κ2) is 8.99. The molecule has 1 aromatic rings. The maximum Gasteiger partial charge on any atom is 0.170 e. The van der Waals surface area contributed by atoms with Crippen LogP contribution in [0, 0.1) is 19.8 Å². The standard InChI is InChI=1S/C18H28ClN3OS/c1-12(2)10-22-5-6-23-15(11-22)9-20-18(24)21-17-14(4)7-13(3)8-16(17)19/h7-8,12,15H,5-6,9-11H2,1-4H3,(H2,20,21,24)/t15-/m1/s1. The van der Waals surface area contributed by atoms with E-state index in [1.807, 2.05) is 19.9 Å². The number of aryl methyl sites for hydroxylation is 2. The molecule has 6 heteroatoms. The monoisotopic (exact) mass is 369 g/mol. The lowest BCUT2D eigenvalue weighted by molar-refractivity contribution is -0.0283. The molecule has 24 heavy (non-hydrogen) atoms. The highest BCUT2D eigenvalue weighted by Gasteiger charge is 2.21. The van der Waals surface area contributed by atoms with Gasteiger partial charge in [-0.15, -0.1) is 0 Å². The van der Waals surface area contributed by atoms with Crippen molar-refractivity contribution in [2.24, 2.45) is 5.92 Å². The molecule has 1 aromatic carbocycles. The van der Waals surface area contributed by atoms with Gasteiger partial charge in [-0.25, -0.2) is 0 Å². The van der Waals surface area contributed by atoms with E-state index in [1.165, 1.54) is 0 Å². The van der Waals surface area contributed by atoms with Gasteiger partial charge < -0.3 is 15.4 Å².